The Kier molecular flexibility index (Phi) is 22.8. The van der Waals surface area contributed by atoms with Gasteiger partial charge in [0, 0.05) is 34.6 Å². The van der Waals surface area contributed by atoms with Crippen LogP contribution in [0.15, 0.2) is 96.7 Å². The molecule has 10 nitrogen and oxygen atoms in total. The van der Waals surface area contributed by atoms with E-state index < -0.39 is 29.3 Å². The zero-order chi connectivity index (χ0) is 52.3. The van der Waals surface area contributed by atoms with Gasteiger partial charge in [-0.3, -0.25) is 0 Å². The van der Waals surface area contributed by atoms with Gasteiger partial charge in [0.1, 0.15) is 43.4 Å². The first-order valence-corrected chi connectivity index (χ1v) is 25.5. The van der Waals surface area contributed by atoms with Crippen LogP contribution in [0.2, 0.25) is 0 Å². The van der Waals surface area contributed by atoms with Crippen molar-refractivity contribution in [3.8, 4) is 11.8 Å². The molecule has 384 valence electrons. The summed E-state index contributed by atoms with van der Waals surface area (Å²) in [6, 6.07) is 12.3. The molecule has 71 heavy (non-hydrogen) atoms. The zero-order valence-electron chi connectivity index (χ0n) is 43.6. The number of benzene rings is 2. The van der Waals surface area contributed by atoms with Crippen molar-refractivity contribution in [3.63, 3.8) is 0 Å². The summed E-state index contributed by atoms with van der Waals surface area (Å²) in [7, 11) is 0. The Morgan fingerprint density at radius 3 is 1.79 bits per heavy atom. The summed E-state index contributed by atoms with van der Waals surface area (Å²) in [5, 5.41) is 9.62. The summed E-state index contributed by atoms with van der Waals surface area (Å²) in [5.41, 5.74) is 5.51. The molecule has 4 rings (SSSR count). The topological polar surface area (TPSA) is 138 Å². The van der Waals surface area contributed by atoms with Gasteiger partial charge in [-0.15, -0.1) is 0 Å². The van der Waals surface area contributed by atoms with Gasteiger partial charge in [0.25, 0.3) is 0 Å². The third kappa shape index (κ3) is 17.1. The lowest BCUT2D eigenvalue weighted by molar-refractivity contribution is -0.159. The predicted octanol–water partition coefficient (Wildman–Crippen LogP) is 13.5. The number of hydrogen-bond donors (Lipinski definition) is 0. The van der Waals surface area contributed by atoms with Gasteiger partial charge >= 0.3 is 23.9 Å². The second-order valence-electron chi connectivity index (χ2n) is 20.0. The van der Waals surface area contributed by atoms with Gasteiger partial charge in [-0.1, -0.05) is 103 Å². The second-order valence-corrected chi connectivity index (χ2v) is 20.0. The first-order valence-electron chi connectivity index (χ1n) is 25.5. The van der Waals surface area contributed by atoms with Crippen LogP contribution in [-0.2, 0) is 51.0 Å². The van der Waals surface area contributed by atoms with Crippen LogP contribution in [0.3, 0.4) is 0 Å². The SMILES string of the molecule is C=C(C)C(=O)OCCCc1cc(C2=CC(C)C(c3ccc(C4CCC(CCCCC)CC4)cc3F)C(CC)=C2)cc(CCCC#N)c1OCC(COC(=O)C(=C)C)(COC(=O)C(=C)C)COC(=O)C(=C)C. The maximum atomic E-state index is 16.4. The molecule has 2 aromatic carbocycles. The molecule has 2 aliphatic rings. The Hall–Kier alpha value is -6.02. The Labute approximate surface area is 423 Å². The van der Waals surface area contributed by atoms with Gasteiger partial charge in [0.05, 0.1) is 12.7 Å². The Balaban J connectivity index is 1.77. The van der Waals surface area contributed by atoms with Crippen molar-refractivity contribution in [2.75, 3.05) is 33.0 Å². The van der Waals surface area contributed by atoms with Crippen LogP contribution in [0.25, 0.3) is 5.57 Å². The Morgan fingerprint density at radius 1 is 0.732 bits per heavy atom. The van der Waals surface area contributed by atoms with Gasteiger partial charge in [0.2, 0.25) is 0 Å². The maximum Gasteiger partial charge on any atom is 0.333 e. The van der Waals surface area contributed by atoms with E-state index in [1.54, 1.807) is 13.0 Å². The van der Waals surface area contributed by atoms with E-state index in [0.717, 1.165) is 52.2 Å². The predicted molar refractivity (Wildman–Crippen MR) is 278 cm³/mol. The third-order valence-electron chi connectivity index (χ3n) is 13.6. The molecule has 0 amide bonds. The van der Waals surface area contributed by atoms with E-state index in [-0.39, 0.29) is 79.4 Å². The van der Waals surface area contributed by atoms with Crippen LogP contribution >= 0.6 is 0 Å². The van der Waals surface area contributed by atoms with E-state index in [4.69, 9.17) is 23.7 Å². The minimum atomic E-state index is -1.44. The molecule has 0 aliphatic heterocycles. The molecule has 0 radical (unpaired) electrons. The average molecular weight is 976 g/mol. The molecule has 0 bridgehead atoms. The molecule has 1 fully saturated rings. The van der Waals surface area contributed by atoms with Gasteiger partial charge in [-0.05, 0) is 155 Å². The molecule has 0 saturated heterocycles. The molecule has 0 aromatic heterocycles. The summed E-state index contributed by atoms with van der Waals surface area (Å²) < 4.78 is 45.7. The van der Waals surface area contributed by atoms with Crippen LogP contribution in [0.5, 0.6) is 5.75 Å². The number of allylic oxidation sites excluding steroid dienone is 4. The van der Waals surface area contributed by atoms with E-state index in [2.05, 4.69) is 71.4 Å². The van der Waals surface area contributed by atoms with Gasteiger partial charge in [-0.25, -0.2) is 23.6 Å². The molecule has 0 spiro atoms. The number of unbranched alkanes of at least 4 members (excludes halogenated alkanes) is 3. The number of carbonyl (C=O) groups is 4. The van der Waals surface area contributed by atoms with Crippen molar-refractivity contribution in [1.82, 2.24) is 0 Å². The van der Waals surface area contributed by atoms with Crippen LogP contribution in [-0.4, -0.2) is 56.9 Å². The third-order valence-corrected chi connectivity index (χ3v) is 13.6. The number of esters is 4. The average Bonchev–Trinajstić information content (AvgIpc) is 3.34. The highest BCUT2D eigenvalue weighted by molar-refractivity contribution is 5.88. The number of carbonyl (C=O) groups excluding carboxylic acids is 4. The summed E-state index contributed by atoms with van der Waals surface area (Å²) in [4.78, 5) is 50.9. The van der Waals surface area contributed by atoms with Crippen LogP contribution < -0.4 is 4.74 Å². The molecule has 2 aliphatic carbocycles. The fourth-order valence-electron chi connectivity index (χ4n) is 9.44. The van der Waals surface area contributed by atoms with E-state index in [1.807, 2.05) is 18.2 Å². The van der Waals surface area contributed by atoms with Crippen molar-refractivity contribution in [2.45, 2.75) is 150 Å². The lowest BCUT2D eigenvalue weighted by atomic mass is 9.73. The van der Waals surface area contributed by atoms with Gasteiger partial charge in [-0.2, -0.15) is 5.26 Å². The Morgan fingerprint density at radius 2 is 1.28 bits per heavy atom. The Bertz CT molecular complexity index is 2300. The number of halogens is 1. The van der Waals surface area contributed by atoms with Gasteiger partial charge < -0.3 is 23.7 Å². The highest BCUT2D eigenvalue weighted by Gasteiger charge is 2.38. The van der Waals surface area contributed by atoms with Crippen LogP contribution in [0, 0.1) is 34.4 Å². The first kappa shape index (κ1) is 57.6. The lowest BCUT2D eigenvalue weighted by Crippen LogP contribution is -2.44. The molecular weight excluding hydrogens is 898 g/mol. The van der Waals surface area contributed by atoms with Gasteiger partial charge in [0.15, 0.2) is 0 Å². The molecule has 1 saturated carbocycles. The number of rotatable bonds is 28. The number of nitriles is 1. The normalized spacial score (nSPS) is 17.7. The molecule has 0 N–H and O–H groups in total. The highest BCUT2D eigenvalue weighted by atomic mass is 19.1. The standard InChI is InChI=1S/C60H78FNO9/c1-12-14-15-19-44-22-24-46(25-23-44)47-26-27-52(53(61)34-47)54-43(11)30-50(31-45(54)13-2)51-32-48(20-16-17-28-62)55(49(33-51)21-18-29-67-56(63)39(3)4)68-35-60(36-69-57(64)40(5)6,37-70-58(65)41(7)8)38-71-59(66)42(9)10/h26-27,30-34,43-44,46,54H,3,5,7,9,12-25,29,35-38H2,1-2,4,6,8,10-11H3. The minimum absolute atomic E-state index is 0.0572. The molecule has 0 heterocycles. The fourth-order valence-corrected chi connectivity index (χ4v) is 9.44. The maximum absolute atomic E-state index is 16.4. The van der Waals surface area contributed by atoms with Crippen molar-refractivity contribution in [3.05, 3.63) is 130 Å². The first-order chi connectivity index (χ1) is 33.8. The quantitative estimate of drug-likeness (QED) is 0.0350. The van der Waals surface area contributed by atoms with Crippen molar-refractivity contribution in [2.24, 2.45) is 17.3 Å². The number of ether oxygens (including phenoxy) is 5. The summed E-state index contributed by atoms with van der Waals surface area (Å²) >= 11 is 0. The van der Waals surface area contributed by atoms with Crippen molar-refractivity contribution >= 4 is 29.5 Å². The fraction of sp³-hybridized carbons (Fsp3) is 0.517. The number of hydrogen-bond acceptors (Lipinski definition) is 10. The zero-order valence-corrected chi connectivity index (χ0v) is 43.6. The number of aryl methyl sites for hydroxylation is 2. The van der Waals surface area contributed by atoms with E-state index >= 15 is 4.39 Å². The highest BCUT2D eigenvalue weighted by Crippen LogP contribution is 2.45. The molecule has 2 atom stereocenters. The second kappa shape index (κ2) is 28.1. The van der Waals surface area contributed by atoms with E-state index in [1.165, 1.54) is 59.3 Å². The lowest BCUT2D eigenvalue weighted by Gasteiger charge is -2.33. The van der Waals surface area contributed by atoms with Crippen LogP contribution in [0.1, 0.15) is 165 Å². The molecule has 2 aromatic rings. The molecule has 11 heteroatoms. The molecular formula is C60H78FNO9. The van der Waals surface area contributed by atoms with E-state index in [9.17, 15) is 24.4 Å². The molecule has 2 unspecified atom stereocenters. The number of nitrogens with zero attached hydrogens (tertiary/aromatic N) is 1. The van der Waals surface area contributed by atoms with E-state index in [0.29, 0.717) is 49.3 Å². The van der Waals surface area contributed by atoms with Crippen molar-refractivity contribution < 1.29 is 47.3 Å². The van der Waals surface area contributed by atoms with Crippen LogP contribution in [0.4, 0.5) is 4.39 Å². The summed E-state index contributed by atoms with van der Waals surface area (Å²) in [6.07, 6.45) is 16.8. The monoisotopic (exact) mass is 976 g/mol. The summed E-state index contributed by atoms with van der Waals surface area (Å²) in [5.74, 6) is -1.37. The van der Waals surface area contributed by atoms with Crippen molar-refractivity contribution in [1.29, 1.82) is 5.26 Å². The summed E-state index contributed by atoms with van der Waals surface area (Å²) in [6.45, 7) is 26.0. The smallest absolute Gasteiger partial charge is 0.333 e. The largest absolute Gasteiger partial charge is 0.492 e. The minimum Gasteiger partial charge on any atom is -0.492 e.